The summed E-state index contributed by atoms with van der Waals surface area (Å²) in [6.45, 7) is 4.55. The molecule has 0 saturated carbocycles. The number of hydrogen-bond donors (Lipinski definition) is 1. The van der Waals surface area contributed by atoms with Gasteiger partial charge < -0.3 is 10.6 Å². The highest BCUT2D eigenvalue weighted by molar-refractivity contribution is 7.80. The van der Waals surface area contributed by atoms with Gasteiger partial charge in [0.25, 0.3) is 0 Å². The summed E-state index contributed by atoms with van der Waals surface area (Å²) in [5.74, 6) is 1.04. The molecule has 0 spiro atoms. The molecule has 2 N–H and O–H groups in total. The SMILES string of the molecule is CCC1CCC(C)N1c1nc2c(cc1C(N)=S)CCCC2. The Kier molecular flexibility index (Phi) is 4.16. The van der Waals surface area contributed by atoms with Crippen LogP contribution in [0.1, 0.15) is 62.8 Å². The van der Waals surface area contributed by atoms with Gasteiger partial charge in [0.15, 0.2) is 0 Å². The van der Waals surface area contributed by atoms with Crippen molar-refractivity contribution in [2.24, 2.45) is 5.73 Å². The number of rotatable bonds is 3. The van der Waals surface area contributed by atoms with Gasteiger partial charge in [-0.15, -0.1) is 0 Å². The Balaban J connectivity index is 2.09. The van der Waals surface area contributed by atoms with Gasteiger partial charge in [0.05, 0.1) is 5.56 Å². The Morgan fingerprint density at radius 1 is 1.38 bits per heavy atom. The van der Waals surface area contributed by atoms with Crippen molar-refractivity contribution in [3.05, 3.63) is 22.9 Å². The lowest BCUT2D eigenvalue weighted by Crippen LogP contribution is -2.37. The van der Waals surface area contributed by atoms with E-state index in [0.29, 0.717) is 17.1 Å². The van der Waals surface area contributed by atoms with Gasteiger partial charge >= 0.3 is 0 Å². The third-order valence-corrected chi connectivity index (χ3v) is 5.27. The van der Waals surface area contributed by atoms with Crippen molar-refractivity contribution in [2.75, 3.05) is 4.90 Å². The molecule has 2 atom stereocenters. The summed E-state index contributed by atoms with van der Waals surface area (Å²) in [6.07, 6.45) is 8.34. The summed E-state index contributed by atoms with van der Waals surface area (Å²) in [5, 5.41) is 0. The minimum absolute atomic E-state index is 0.486. The van der Waals surface area contributed by atoms with E-state index in [1.807, 2.05) is 0 Å². The zero-order valence-electron chi connectivity index (χ0n) is 13.1. The molecule has 114 valence electrons. The van der Waals surface area contributed by atoms with Gasteiger partial charge in [-0.3, -0.25) is 0 Å². The van der Waals surface area contributed by atoms with Crippen LogP contribution in [0.15, 0.2) is 6.07 Å². The summed E-state index contributed by atoms with van der Waals surface area (Å²) in [7, 11) is 0. The molecular weight excluding hydrogens is 278 g/mol. The van der Waals surface area contributed by atoms with Crippen LogP contribution >= 0.6 is 12.2 Å². The van der Waals surface area contributed by atoms with Gasteiger partial charge in [-0.2, -0.15) is 0 Å². The number of fused-ring (bicyclic) bond motifs is 1. The molecule has 0 amide bonds. The molecule has 2 unspecified atom stereocenters. The summed E-state index contributed by atoms with van der Waals surface area (Å²) in [5.41, 5.74) is 9.62. The van der Waals surface area contributed by atoms with E-state index in [-0.39, 0.29) is 0 Å². The summed E-state index contributed by atoms with van der Waals surface area (Å²) < 4.78 is 0. The van der Waals surface area contributed by atoms with E-state index in [1.54, 1.807) is 0 Å². The second-order valence-corrected chi connectivity index (χ2v) is 6.87. The Morgan fingerprint density at radius 2 is 2.14 bits per heavy atom. The highest BCUT2D eigenvalue weighted by atomic mass is 32.1. The molecule has 21 heavy (non-hydrogen) atoms. The van der Waals surface area contributed by atoms with Crippen molar-refractivity contribution >= 4 is 23.0 Å². The van der Waals surface area contributed by atoms with Crippen LogP contribution < -0.4 is 10.6 Å². The van der Waals surface area contributed by atoms with E-state index in [0.717, 1.165) is 30.6 Å². The van der Waals surface area contributed by atoms with E-state index >= 15 is 0 Å². The van der Waals surface area contributed by atoms with E-state index in [1.165, 1.54) is 36.9 Å². The molecule has 1 aromatic rings. The second kappa shape index (κ2) is 5.91. The first kappa shape index (κ1) is 14.8. The molecule has 0 radical (unpaired) electrons. The Morgan fingerprint density at radius 3 is 2.86 bits per heavy atom. The highest BCUT2D eigenvalue weighted by Crippen LogP contribution is 2.35. The van der Waals surface area contributed by atoms with Crippen LogP contribution in [-0.4, -0.2) is 22.1 Å². The maximum absolute atomic E-state index is 6.01. The molecular formula is C17H25N3S. The first-order chi connectivity index (χ1) is 10.1. The molecule has 2 heterocycles. The molecule has 0 bridgehead atoms. The summed E-state index contributed by atoms with van der Waals surface area (Å²) >= 11 is 5.31. The van der Waals surface area contributed by atoms with Gasteiger partial charge in [-0.05, 0) is 63.5 Å². The maximum Gasteiger partial charge on any atom is 0.139 e. The Bertz CT molecular complexity index is 555. The van der Waals surface area contributed by atoms with Crippen LogP contribution in [0.5, 0.6) is 0 Å². The van der Waals surface area contributed by atoms with Gasteiger partial charge in [-0.1, -0.05) is 19.1 Å². The van der Waals surface area contributed by atoms with E-state index in [2.05, 4.69) is 24.8 Å². The van der Waals surface area contributed by atoms with Crippen molar-refractivity contribution in [3.8, 4) is 0 Å². The molecule has 1 aromatic heterocycles. The molecule has 1 aliphatic heterocycles. The van der Waals surface area contributed by atoms with Crippen molar-refractivity contribution in [1.29, 1.82) is 0 Å². The van der Waals surface area contributed by atoms with Gasteiger partial charge in [0.2, 0.25) is 0 Å². The van der Waals surface area contributed by atoms with Crippen LogP contribution in [0, 0.1) is 0 Å². The van der Waals surface area contributed by atoms with Crippen molar-refractivity contribution in [1.82, 2.24) is 4.98 Å². The van der Waals surface area contributed by atoms with Crippen LogP contribution in [0.3, 0.4) is 0 Å². The highest BCUT2D eigenvalue weighted by Gasteiger charge is 2.33. The quantitative estimate of drug-likeness (QED) is 0.870. The monoisotopic (exact) mass is 303 g/mol. The first-order valence-corrected chi connectivity index (χ1v) is 8.63. The van der Waals surface area contributed by atoms with Gasteiger partial charge in [0.1, 0.15) is 10.8 Å². The normalized spacial score (nSPS) is 25.0. The molecule has 3 nitrogen and oxygen atoms in total. The number of nitrogens with zero attached hydrogens (tertiary/aromatic N) is 2. The second-order valence-electron chi connectivity index (χ2n) is 6.43. The lowest BCUT2D eigenvalue weighted by molar-refractivity contribution is 0.612. The summed E-state index contributed by atoms with van der Waals surface area (Å²) in [6, 6.07) is 3.32. The largest absolute Gasteiger partial charge is 0.389 e. The minimum Gasteiger partial charge on any atom is -0.389 e. The van der Waals surface area contributed by atoms with Crippen LogP contribution in [0.4, 0.5) is 5.82 Å². The fourth-order valence-electron chi connectivity index (χ4n) is 3.86. The number of aryl methyl sites for hydroxylation is 2. The fourth-order valence-corrected chi connectivity index (χ4v) is 4.01. The van der Waals surface area contributed by atoms with E-state index in [4.69, 9.17) is 22.9 Å². The molecule has 1 fully saturated rings. The standard InChI is InChI=1S/C17H25N3S/c1-3-13-9-8-11(2)20(13)17-14(16(18)21)10-12-6-4-5-7-15(12)19-17/h10-11,13H,3-9H2,1-2H3,(H2,18,21). The Hall–Kier alpha value is -1.16. The topological polar surface area (TPSA) is 42.2 Å². The third-order valence-electron chi connectivity index (χ3n) is 5.05. The molecule has 2 aliphatic rings. The first-order valence-electron chi connectivity index (χ1n) is 8.22. The summed E-state index contributed by atoms with van der Waals surface area (Å²) in [4.78, 5) is 7.99. The average Bonchev–Trinajstić information content (AvgIpc) is 2.86. The minimum atomic E-state index is 0.486. The van der Waals surface area contributed by atoms with E-state index in [9.17, 15) is 0 Å². The number of nitrogens with two attached hydrogens (primary N) is 1. The molecule has 1 aliphatic carbocycles. The van der Waals surface area contributed by atoms with Crippen LogP contribution in [-0.2, 0) is 12.8 Å². The van der Waals surface area contributed by atoms with Crippen molar-refractivity contribution in [2.45, 2.75) is 70.9 Å². The molecule has 0 aromatic carbocycles. The average molecular weight is 303 g/mol. The fraction of sp³-hybridized carbons (Fsp3) is 0.647. The predicted octanol–water partition coefficient (Wildman–Crippen LogP) is 3.36. The molecule has 1 saturated heterocycles. The zero-order valence-corrected chi connectivity index (χ0v) is 13.9. The number of anilines is 1. The predicted molar refractivity (Wildman–Crippen MR) is 92.0 cm³/mol. The van der Waals surface area contributed by atoms with Crippen molar-refractivity contribution in [3.63, 3.8) is 0 Å². The van der Waals surface area contributed by atoms with Crippen LogP contribution in [0.2, 0.25) is 0 Å². The Labute approximate surface area is 132 Å². The molecule has 3 rings (SSSR count). The van der Waals surface area contributed by atoms with Gasteiger partial charge in [0, 0.05) is 17.8 Å². The number of thiocarbonyl (C=S) groups is 1. The lowest BCUT2D eigenvalue weighted by atomic mass is 9.94. The van der Waals surface area contributed by atoms with E-state index < -0.39 is 0 Å². The molecule has 4 heteroatoms. The number of hydrogen-bond acceptors (Lipinski definition) is 3. The van der Waals surface area contributed by atoms with Crippen LogP contribution in [0.25, 0.3) is 0 Å². The third kappa shape index (κ3) is 2.66. The lowest BCUT2D eigenvalue weighted by Gasteiger charge is -2.32. The van der Waals surface area contributed by atoms with Crippen molar-refractivity contribution < 1.29 is 0 Å². The number of aromatic nitrogens is 1. The van der Waals surface area contributed by atoms with Gasteiger partial charge in [-0.25, -0.2) is 4.98 Å². The maximum atomic E-state index is 6.01. The smallest absolute Gasteiger partial charge is 0.139 e. The number of pyridine rings is 1. The zero-order chi connectivity index (χ0) is 15.0.